The van der Waals surface area contributed by atoms with Gasteiger partial charge >= 0.3 is 0 Å². The van der Waals surface area contributed by atoms with Crippen LogP contribution < -0.4 is 35.7 Å². The summed E-state index contributed by atoms with van der Waals surface area (Å²) in [5, 5.41) is 4.73. The second-order valence-corrected chi connectivity index (χ2v) is 17.2. The molecule has 0 aliphatic carbocycles. The minimum Gasteiger partial charge on any atom is -0.458 e. The van der Waals surface area contributed by atoms with Gasteiger partial charge < -0.3 is 19.3 Å². The Morgan fingerprint density at radius 2 is 0.597 bits per heavy atom. The molecule has 2 heterocycles. The Morgan fingerprint density at radius 3 is 0.970 bits per heavy atom. The summed E-state index contributed by atoms with van der Waals surface area (Å²) in [6.45, 7) is -0.146. The number of hydrogen-bond donors (Lipinski definition) is 0. The number of ether oxygens (including phenoxy) is 2. The van der Waals surface area contributed by atoms with Gasteiger partial charge in [0.05, 0.1) is 0 Å². The predicted octanol–water partition coefficient (Wildman–Crippen LogP) is 15.0. The number of rotatable bonds is 8. The first-order valence-electron chi connectivity index (χ1n) is 22.9. The highest BCUT2D eigenvalue weighted by Crippen LogP contribution is 2.48. The number of nitrogens with zero attached hydrogens (tertiary/aromatic N) is 2. The largest absolute Gasteiger partial charge is 0.458 e. The lowest BCUT2D eigenvalue weighted by Gasteiger charge is -2.35. The molecule has 0 N–H and O–H groups in total. The van der Waals surface area contributed by atoms with Gasteiger partial charge in [-0.05, 0) is 128 Å². The van der Waals surface area contributed by atoms with E-state index in [1.54, 1.807) is 0 Å². The molecule has 2 aliphatic rings. The van der Waals surface area contributed by atoms with Crippen molar-refractivity contribution in [2.45, 2.75) is 0 Å². The normalized spacial score (nSPS) is 12.1. The first kappa shape index (κ1) is 38.6. The fourth-order valence-corrected chi connectivity index (χ4v) is 10.5. The van der Waals surface area contributed by atoms with Crippen LogP contribution in [0.25, 0.3) is 43.8 Å². The molecule has 67 heavy (non-hydrogen) atoms. The SMILES string of the molecule is c1ccc(-c2c3ccccc3c(-c3cc4c5c(c3)Oc3cc(N(c6ccccc6)c6ccccc6)ccc3B5c3ccc(N(c5ccccc5)c5ccccc5)cc3O4)c3ccccc23)cc1. The summed E-state index contributed by atoms with van der Waals surface area (Å²) in [7, 11) is 0. The van der Waals surface area contributed by atoms with E-state index in [1.807, 2.05) is 0 Å². The summed E-state index contributed by atoms with van der Waals surface area (Å²) >= 11 is 0. The molecule has 13 rings (SSSR count). The molecule has 0 radical (unpaired) electrons. The second-order valence-electron chi connectivity index (χ2n) is 17.2. The van der Waals surface area contributed by atoms with Crippen LogP contribution in [0.15, 0.2) is 249 Å². The monoisotopic (exact) mass is 856 g/mol. The smallest absolute Gasteiger partial charge is 0.260 e. The fraction of sp³-hybridized carbons (Fsp3) is 0. The van der Waals surface area contributed by atoms with Crippen molar-refractivity contribution in [3.05, 3.63) is 249 Å². The Kier molecular flexibility index (Phi) is 9.24. The zero-order valence-corrected chi connectivity index (χ0v) is 36.5. The number of benzene rings is 11. The quantitative estimate of drug-likeness (QED) is 0.112. The lowest BCUT2D eigenvalue weighted by atomic mass is 9.35. The van der Waals surface area contributed by atoms with Gasteiger partial charge in [-0.15, -0.1) is 0 Å². The highest BCUT2D eigenvalue weighted by atomic mass is 16.5. The van der Waals surface area contributed by atoms with Crippen LogP contribution >= 0.6 is 0 Å². The summed E-state index contributed by atoms with van der Waals surface area (Å²) in [5.41, 5.74) is 14.1. The van der Waals surface area contributed by atoms with Crippen LogP contribution in [-0.2, 0) is 0 Å². The maximum atomic E-state index is 7.24. The lowest BCUT2D eigenvalue weighted by Crippen LogP contribution is -2.57. The van der Waals surface area contributed by atoms with E-state index in [1.165, 1.54) is 32.7 Å². The number of hydrogen-bond acceptors (Lipinski definition) is 4. The first-order chi connectivity index (χ1) is 33.2. The van der Waals surface area contributed by atoms with Crippen molar-refractivity contribution in [2.75, 3.05) is 9.80 Å². The zero-order chi connectivity index (χ0) is 44.3. The van der Waals surface area contributed by atoms with Gasteiger partial charge in [-0.2, -0.15) is 0 Å². The summed E-state index contributed by atoms with van der Waals surface area (Å²) in [5.74, 6) is 3.21. The summed E-state index contributed by atoms with van der Waals surface area (Å²) in [4.78, 5) is 4.58. The topological polar surface area (TPSA) is 24.9 Å². The Hall–Kier alpha value is -8.80. The molecule has 0 amide bonds. The Morgan fingerprint density at radius 1 is 0.269 bits per heavy atom. The molecule has 11 aromatic carbocycles. The van der Waals surface area contributed by atoms with E-state index in [4.69, 9.17) is 9.47 Å². The van der Waals surface area contributed by atoms with Crippen LogP contribution in [0.1, 0.15) is 0 Å². The molecule has 0 saturated carbocycles. The molecule has 0 bridgehead atoms. The molecule has 2 aliphatic heterocycles. The van der Waals surface area contributed by atoms with Crippen LogP contribution in [0.3, 0.4) is 0 Å². The number of fused-ring (bicyclic) bond motifs is 6. The number of para-hydroxylation sites is 4. The standard InChI is InChI=1S/C62H41BN2O2/c1-6-20-42(21-7-1)60-50-30-16-18-32-52(50)61(53-33-19-17-31-51(53)60)43-38-58-62-59(39-43)67-57-41-49(65(46-26-12-4-13-27-46)47-28-14-5-15-29-47)35-37-55(57)63(62)54-36-34-48(40-56(54)66-58)64(44-22-8-2-9-23-44)45-24-10-3-11-25-45/h1-41H. The van der Waals surface area contributed by atoms with Gasteiger partial charge in [-0.25, -0.2) is 0 Å². The zero-order valence-electron chi connectivity index (χ0n) is 36.5. The molecule has 0 fully saturated rings. The fourth-order valence-electron chi connectivity index (χ4n) is 10.5. The molecule has 4 nitrogen and oxygen atoms in total. The average Bonchev–Trinajstić information content (AvgIpc) is 3.39. The van der Waals surface area contributed by atoms with Gasteiger partial charge in [0, 0.05) is 51.7 Å². The third-order valence-corrected chi connectivity index (χ3v) is 13.3. The maximum Gasteiger partial charge on any atom is 0.260 e. The molecule has 0 saturated heterocycles. The maximum absolute atomic E-state index is 7.24. The van der Waals surface area contributed by atoms with Gasteiger partial charge in [-0.1, -0.05) is 164 Å². The summed E-state index contributed by atoms with van der Waals surface area (Å²) in [6.07, 6.45) is 0. The van der Waals surface area contributed by atoms with Crippen molar-refractivity contribution in [3.8, 4) is 45.3 Å². The molecule has 314 valence electrons. The Balaban J connectivity index is 1.04. The molecule has 11 aromatic rings. The molecule has 0 atom stereocenters. The third-order valence-electron chi connectivity index (χ3n) is 13.3. The summed E-state index contributed by atoms with van der Waals surface area (Å²) in [6, 6.07) is 88.4. The highest BCUT2D eigenvalue weighted by molar-refractivity contribution is 6.98. The minimum atomic E-state index is -0.146. The summed E-state index contributed by atoms with van der Waals surface area (Å²) < 4.78 is 14.5. The average molecular weight is 857 g/mol. The second kappa shape index (κ2) is 16.0. The van der Waals surface area contributed by atoms with Crippen LogP contribution in [0, 0.1) is 0 Å². The van der Waals surface area contributed by atoms with Crippen molar-refractivity contribution in [1.29, 1.82) is 0 Å². The Bertz CT molecular complexity index is 3350. The molecular weight excluding hydrogens is 816 g/mol. The molecular formula is C62H41BN2O2. The third kappa shape index (κ3) is 6.55. The van der Waals surface area contributed by atoms with Crippen molar-refractivity contribution < 1.29 is 9.47 Å². The van der Waals surface area contributed by atoms with Gasteiger partial charge in [0.15, 0.2) is 0 Å². The minimum absolute atomic E-state index is 0.146. The molecule has 0 aromatic heterocycles. The van der Waals surface area contributed by atoms with Crippen molar-refractivity contribution in [3.63, 3.8) is 0 Å². The van der Waals surface area contributed by atoms with Crippen molar-refractivity contribution >= 4 is 78.8 Å². The first-order valence-corrected chi connectivity index (χ1v) is 22.9. The highest BCUT2D eigenvalue weighted by Gasteiger charge is 2.41. The predicted molar refractivity (Wildman–Crippen MR) is 279 cm³/mol. The van der Waals surface area contributed by atoms with Crippen LogP contribution in [-0.4, -0.2) is 6.71 Å². The van der Waals surface area contributed by atoms with Gasteiger partial charge in [-0.3, -0.25) is 0 Å². The van der Waals surface area contributed by atoms with Crippen LogP contribution in [0.5, 0.6) is 23.0 Å². The van der Waals surface area contributed by atoms with Gasteiger partial charge in [0.2, 0.25) is 0 Å². The van der Waals surface area contributed by atoms with E-state index >= 15 is 0 Å². The van der Waals surface area contributed by atoms with Crippen LogP contribution in [0.2, 0.25) is 0 Å². The van der Waals surface area contributed by atoms with E-state index in [0.717, 1.165) is 84.6 Å². The van der Waals surface area contributed by atoms with E-state index in [2.05, 4.69) is 259 Å². The van der Waals surface area contributed by atoms with Crippen molar-refractivity contribution in [1.82, 2.24) is 0 Å². The van der Waals surface area contributed by atoms with Gasteiger partial charge in [0.25, 0.3) is 6.71 Å². The van der Waals surface area contributed by atoms with E-state index in [9.17, 15) is 0 Å². The lowest BCUT2D eigenvalue weighted by molar-refractivity contribution is 0.465. The van der Waals surface area contributed by atoms with Crippen molar-refractivity contribution in [2.24, 2.45) is 0 Å². The molecule has 0 unspecified atom stereocenters. The van der Waals surface area contributed by atoms with Crippen LogP contribution in [0.4, 0.5) is 34.1 Å². The Labute approximate surface area is 390 Å². The van der Waals surface area contributed by atoms with E-state index < -0.39 is 0 Å². The van der Waals surface area contributed by atoms with E-state index in [-0.39, 0.29) is 6.71 Å². The number of anilines is 6. The molecule has 0 spiro atoms. The van der Waals surface area contributed by atoms with Gasteiger partial charge in [0.1, 0.15) is 23.0 Å². The van der Waals surface area contributed by atoms with E-state index in [0.29, 0.717) is 0 Å². The molecule has 5 heteroatoms.